The lowest BCUT2D eigenvalue weighted by Crippen LogP contribution is -2.29. The van der Waals surface area contributed by atoms with Gasteiger partial charge < -0.3 is 0 Å². The molecule has 3 nitrogen and oxygen atoms in total. The molecular formula is C16H18ClN3. The quantitative estimate of drug-likeness (QED) is 0.516. The van der Waals surface area contributed by atoms with Gasteiger partial charge in [0.2, 0.25) is 0 Å². The molecule has 0 spiro atoms. The van der Waals surface area contributed by atoms with Gasteiger partial charge >= 0.3 is 0 Å². The maximum absolute atomic E-state index is 5.82. The van der Waals surface area contributed by atoms with Crippen LogP contribution < -0.4 is 11.3 Å². The van der Waals surface area contributed by atoms with Crippen LogP contribution in [0.1, 0.15) is 34.7 Å². The summed E-state index contributed by atoms with van der Waals surface area (Å²) in [6, 6.07) is 10.6. The molecule has 4 heteroatoms. The zero-order chi connectivity index (χ0) is 13.9. The van der Waals surface area contributed by atoms with Crippen LogP contribution in [0.25, 0.3) is 0 Å². The zero-order valence-electron chi connectivity index (χ0n) is 11.3. The molecular weight excluding hydrogens is 270 g/mol. The third-order valence-corrected chi connectivity index (χ3v) is 4.18. The molecule has 104 valence electrons. The monoisotopic (exact) mass is 287 g/mol. The summed E-state index contributed by atoms with van der Waals surface area (Å²) >= 11 is 5.82. The van der Waals surface area contributed by atoms with Crippen molar-refractivity contribution in [2.75, 3.05) is 0 Å². The second-order valence-corrected chi connectivity index (χ2v) is 5.68. The predicted molar refractivity (Wildman–Crippen MR) is 81.5 cm³/mol. The molecule has 1 aromatic carbocycles. The van der Waals surface area contributed by atoms with Crippen LogP contribution in [0.4, 0.5) is 0 Å². The molecule has 1 atom stereocenters. The van der Waals surface area contributed by atoms with Gasteiger partial charge in [-0.05, 0) is 54.0 Å². The Morgan fingerprint density at radius 1 is 1.20 bits per heavy atom. The minimum atomic E-state index is 0.0548. The third-order valence-electron chi connectivity index (χ3n) is 3.96. The normalized spacial score (nSPS) is 15.1. The smallest absolute Gasteiger partial charge is 0.129 e. The van der Waals surface area contributed by atoms with Gasteiger partial charge in [0.15, 0.2) is 0 Å². The number of hydrogen-bond acceptors (Lipinski definition) is 3. The molecule has 1 aliphatic rings. The first kappa shape index (κ1) is 13.6. The summed E-state index contributed by atoms with van der Waals surface area (Å²) in [7, 11) is 0. The highest BCUT2D eigenvalue weighted by Crippen LogP contribution is 2.25. The molecule has 20 heavy (non-hydrogen) atoms. The number of rotatable bonds is 4. The van der Waals surface area contributed by atoms with Gasteiger partial charge in [0, 0.05) is 6.20 Å². The van der Waals surface area contributed by atoms with Crippen molar-refractivity contribution < 1.29 is 0 Å². The van der Waals surface area contributed by atoms with Crippen LogP contribution in [0.5, 0.6) is 0 Å². The second kappa shape index (κ2) is 5.92. The van der Waals surface area contributed by atoms with E-state index in [-0.39, 0.29) is 6.04 Å². The van der Waals surface area contributed by atoms with Gasteiger partial charge in [0.05, 0.1) is 6.04 Å². The number of benzene rings is 1. The van der Waals surface area contributed by atoms with E-state index < -0.39 is 0 Å². The molecule has 2 aromatic rings. The largest absolute Gasteiger partial charge is 0.271 e. The molecule has 1 heterocycles. The highest BCUT2D eigenvalue weighted by Gasteiger charge is 2.14. The lowest BCUT2D eigenvalue weighted by Gasteiger charge is -2.16. The molecule has 3 N–H and O–H groups in total. The second-order valence-electron chi connectivity index (χ2n) is 5.29. The number of hydrogen-bond donors (Lipinski definition) is 2. The first-order valence-corrected chi connectivity index (χ1v) is 7.32. The highest BCUT2D eigenvalue weighted by molar-refractivity contribution is 6.29. The number of aromatic nitrogens is 1. The Labute approximate surface area is 124 Å². The summed E-state index contributed by atoms with van der Waals surface area (Å²) in [6.45, 7) is 0. The standard InChI is InChI=1S/C16H18ClN3/c17-16-7-6-14(10-19-16)15(20-18)9-11-4-5-12-2-1-3-13(12)8-11/h4-8,10,15,20H,1-3,9,18H2. The van der Waals surface area contributed by atoms with E-state index >= 15 is 0 Å². The van der Waals surface area contributed by atoms with Crippen LogP contribution in [0.3, 0.4) is 0 Å². The summed E-state index contributed by atoms with van der Waals surface area (Å²) in [5, 5.41) is 0.502. The topological polar surface area (TPSA) is 50.9 Å². The molecule has 1 unspecified atom stereocenters. The Bertz CT molecular complexity index is 595. The van der Waals surface area contributed by atoms with Crippen molar-refractivity contribution in [2.24, 2.45) is 5.84 Å². The van der Waals surface area contributed by atoms with Crippen LogP contribution >= 0.6 is 11.6 Å². The van der Waals surface area contributed by atoms with Crippen LogP contribution in [-0.2, 0) is 19.3 Å². The van der Waals surface area contributed by atoms with Gasteiger partial charge in [0.1, 0.15) is 5.15 Å². The van der Waals surface area contributed by atoms with Crippen LogP contribution in [0.15, 0.2) is 36.5 Å². The summed E-state index contributed by atoms with van der Waals surface area (Å²) < 4.78 is 0. The molecule has 0 saturated heterocycles. The van der Waals surface area contributed by atoms with E-state index in [9.17, 15) is 0 Å². The fourth-order valence-corrected chi connectivity index (χ4v) is 2.97. The summed E-state index contributed by atoms with van der Waals surface area (Å²) in [5.74, 6) is 5.69. The summed E-state index contributed by atoms with van der Waals surface area (Å²) in [6.07, 6.45) is 6.33. The lowest BCUT2D eigenvalue weighted by molar-refractivity contribution is 0.550. The molecule has 0 aliphatic heterocycles. The number of fused-ring (bicyclic) bond motifs is 1. The number of aryl methyl sites for hydroxylation is 2. The first-order chi connectivity index (χ1) is 9.76. The Morgan fingerprint density at radius 3 is 2.80 bits per heavy atom. The summed E-state index contributed by atoms with van der Waals surface area (Å²) in [5.41, 5.74) is 8.23. The van der Waals surface area contributed by atoms with Gasteiger partial charge in [-0.1, -0.05) is 35.9 Å². The van der Waals surface area contributed by atoms with Crippen molar-refractivity contribution in [3.63, 3.8) is 0 Å². The Hall–Kier alpha value is -1.42. The molecule has 0 saturated carbocycles. The van der Waals surface area contributed by atoms with Gasteiger partial charge in [-0.15, -0.1) is 0 Å². The number of hydrazine groups is 1. The van der Waals surface area contributed by atoms with E-state index in [0.717, 1.165) is 12.0 Å². The van der Waals surface area contributed by atoms with Crippen molar-refractivity contribution in [3.05, 3.63) is 63.9 Å². The molecule has 0 bridgehead atoms. The lowest BCUT2D eigenvalue weighted by atomic mass is 9.98. The van der Waals surface area contributed by atoms with Crippen LogP contribution in [0, 0.1) is 0 Å². The van der Waals surface area contributed by atoms with Gasteiger partial charge in [-0.2, -0.15) is 0 Å². The van der Waals surface area contributed by atoms with Gasteiger partial charge in [-0.3, -0.25) is 11.3 Å². The Morgan fingerprint density at radius 2 is 2.05 bits per heavy atom. The third kappa shape index (κ3) is 2.85. The molecule has 1 aromatic heterocycles. The number of nitrogens with one attached hydrogen (secondary N) is 1. The van der Waals surface area contributed by atoms with E-state index in [0.29, 0.717) is 5.15 Å². The van der Waals surface area contributed by atoms with Crippen molar-refractivity contribution in [1.82, 2.24) is 10.4 Å². The minimum Gasteiger partial charge on any atom is -0.271 e. The minimum absolute atomic E-state index is 0.0548. The van der Waals surface area contributed by atoms with E-state index in [1.165, 1.54) is 36.0 Å². The first-order valence-electron chi connectivity index (χ1n) is 6.94. The average Bonchev–Trinajstić information content (AvgIpc) is 2.93. The van der Waals surface area contributed by atoms with Crippen molar-refractivity contribution in [1.29, 1.82) is 0 Å². The van der Waals surface area contributed by atoms with Crippen LogP contribution in [-0.4, -0.2) is 4.98 Å². The fraction of sp³-hybridized carbons (Fsp3) is 0.312. The summed E-state index contributed by atoms with van der Waals surface area (Å²) in [4.78, 5) is 4.12. The van der Waals surface area contributed by atoms with E-state index in [2.05, 4.69) is 28.6 Å². The van der Waals surface area contributed by atoms with E-state index in [1.54, 1.807) is 12.3 Å². The fourth-order valence-electron chi connectivity index (χ4n) is 2.85. The maximum Gasteiger partial charge on any atom is 0.129 e. The number of pyridine rings is 1. The molecule has 0 radical (unpaired) electrons. The average molecular weight is 288 g/mol. The van der Waals surface area contributed by atoms with Crippen LogP contribution in [0.2, 0.25) is 5.15 Å². The molecule has 0 amide bonds. The number of nitrogens with zero attached hydrogens (tertiary/aromatic N) is 1. The van der Waals surface area contributed by atoms with E-state index in [4.69, 9.17) is 17.4 Å². The number of nitrogens with two attached hydrogens (primary N) is 1. The molecule has 3 rings (SSSR count). The Balaban J connectivity index is 1.79. The molecule has 1 aliphatic carbocycles. The predicted octanol–water partition coefficient (Wildman–Crippen LogP) is 2.97. The molecule has 0 fully saturated rings. The zero-order valence-corrected chi connectivity index (χ0v) is 12.0. The highest BCUT2D eigenvalue weighted by atomic mass is 35.5. The van der Waals surface area contributed by atoms with Crippen molar-refractivity contribution in [2.45, 2.75) is 31.7 Å². The Kier molecular flexibility index (Phi) is 4.01. The SMILES string of the molecule is NNC(Cc1ccc2c(c1)CCC2)c1ccc(Cl)nc1. The van der Waals surface area contributed by atoms with Crippen molar-refractivity contribution >= 4 is 11.6 Å². The van der Waals surface area contributed by atoms with Gasteiger partial charge in [-0.25, -0.2) is 4.98 Å². The van der Waals surface area contributed by atoms with E-state index in [1.807, 2.05) is 6.07 Å². The van der Waals surface area contributed by atoms with Gasteiger partial charge in [0.25, 0.3) is 0 Å². The maximum atomic E-state index is 5.82. The number of halogens is 1. The van der Waals surface area contributed by atoms with Crippen molar-refractivity contribution in [3.8, 4) is 0 Å².